The molecule has 0 aromatic rings. The van der Waals surface area contributed by atoms with E-state index in [1.54, 1.807) is 0 Å². The third-order valence-corrected chi connectivity index (χ3v) is 17.4. The van der Waals surface area contributed by atoms with E-state index in [1.165, 1.54) is 231 Å². The Morgan fingerprint density at radius 3 is 0.966 bits per heavy atom. The Hall–Kier alpha value is -2.81. The van der Waals surface area contributed by atoms with E-state index in [4.69, 9.17) is 18.5 Å². The number of allylic oxidation sites excluding steroid dienone is 14. The Morgan fingerprint density at radius 2 is 0.648 bits per heavy atom. The number of esters is 2. The average Bonchev–Trinajstić information content (AvgIpc) is 3.57. The van der Waals surface area contributed by atoms with E-state index in [-0.39, 0.29) is 32.0 Å². The maximum atomic E-state index is 12.9. The van der Waals surface area contributed by atoms with Crippen molar-refractivity contribution < 1.29 is 42.1 Å². The van der Waals surface area contributed by atoms with Crippen LogP contribution < -0.4 is 4.89 Å². The first kappa shape index (κ1) is 85.2. The fraction of sp³-hybridized carbons (Fsp3) is 0.795. The van der Waals surface area contributed by atoms with Crippen molar-refractivity contribution >= 4 is 19.8 Å². The Bertz CT molecular complexity index is 1760. The smallest absolute Gasteiger partial charge is 0.306 e. The van der Waals surface area contributed by atoms with Crippen LogP contribution in [0.4, 0.5) is 0 Å². The number of unbranched alkanes of at least 4 members (excludes halogenated alkanes) is 41. The van der Waals surface area contributed by atoms with Crippen LogP contribution in [-0.4, -0.2) is 70.0 Å². The number of hydrogen-bond donors (Lipinski definition) is 0. The van der Waals surface area contributed by atoms with Gasteiger partial charge in [-0.25, -0.2) is 0 Å². The molecule has 0 bridgehead atoms. The summed E-state index contributed by atoms with van der Waals surface area (Å²) < 4.78 is 34.4. The van der Waals surface area contributed by atoms with Gasteiger partial charge in [0.15, 0.2) is 6.10 Å². The van der Waals surface area contributed by atoms with Gasteiger partial charge in [-0.15, -0.1) is 0 Å². The topological polar surface area (TPSA) is 111 Å². The Morgan fingerprint density at radius 1 is 0.364 bits per heavy atom. The number of rotatable bonds is 69. The summed E-state index contributed by atoms with van der Waals surface area (Å²) in [6, 6.07) is 0. The first-order valence-corrected chi connectivity index (χ1v) is 38.8. The minimum Gasteiger partial charge on any atom is -0.756 e. The minimum atomic E-state index is -4.65. The highest BCUT2D eigenvalue weighted by Crippen LogP contribution is 2.38. The molecule has 0 heterocycles. The maximum Gasteiger partial charge on any atom is 0.306 e. The van der Waals surface area contributed by atoms with Gasteiger partial charge >= 0.3 is 11.9 Å². The number of likely N-dealkylation sites (N-methyl/N-ethyl adjacent to an activating group) is 1. The minimum absolute atomic E-state index is 0.0316. The van der Waals surface area contributed by atoms with Crippen LogP contribution in [0.2, 0.25) is 0 Å². The molecule has 0 saturated carbocycles. The summed E-state index contributed by atoms with van der Waals surface area (Å²) in [6.45, 7) is 4.18. The zero-order valence-corrected chi connectivity index (χ0v) is 59.3. The predicted octanol–water partition coefficient (Wildman–Crippen LogP) is 23.9. The number of nitrogens with zero attached hydrogens (tertiary/aromatic N) is 1. The molecule has 512 valence electrons. The van der Waals surface area contributed by atoms with Gasteiger partial charge in [-0.05, 0) is 70.6 Å². The largest absolute Gasteiger partial charge is 0.756 e. The normalized spacial score (nSPS) is 13.6. The molecule has 0 aromatic carbocycles. The fourth-order valence-corrected chi connectivity index (χ4v) is 11.5. The number of phosphoric ester groups is 1. The molecule has 0 spiro atoms. The van der Waals surface area contributed by atoms with E-state index in [0.29, 0.717) is 17.4 Å². The van der Waals surface area contributed by atoms with Crippen molar-refractivity contribution in [2.24, 2.45) is 0 Å². The third-order valence-electron chi connectivity index (χ3n) is 16.4. The highest BCUT2D eigenvalue weighted by molar-refractivity contribution is 7.45. The molecule has 0 N–H and O–H groups in total. The van der Waals surface area contributed by atoms with Gasteiger partial charge in [0.25, 0.3) is 7.82 Å². The summed E-state index contributed by atoms with van der Waals surface area (Å²) >= 11 is 0. The Labute approximate surface area is 545 Å². The molecule has 10 heteroatoms. The summed E-state index contributed by atoms with van der Waals surface area (Å²) in [7, 11) is 1.17. The molecular formula is C78H142NO8P. The number of hydrogen-bond acceptors (Lipinski definition) is 8. The van der Waals surface area contributed by atoms with Gasteiger partial charge in [0, 0.05) is 12.8 Å². The van der Waals surface area contributed by atoms with E-state index >= 15 is 0 Å². The molecule has 0 aliphatic carbocycles. The number of quaternary nitrogens is 1. The summed E-state index contributed by atoms with van der Waals surface area (Å²) in [5, 5.41) is 0. The molecule has 0 radical (unpaired) electrons. The molecule has 0 aromatic heterocycles. The first-order valence-electron chi connectivity index (χ1n) is 37.3. The van der Waals surface area contributed by atoms with Crippen molar-refractivity contribution in [1.82, 2.24) is 0 Å². The van der Waals surface area contributed by atoms with Gasteiger partial charge < -0.3 is 27.9 Å². The van der Waals surface area contributed by atoms with Crippen molar-refractivity contribution in [3.8, 4) is 0 Å². The monoisotopic (exact) mass is 1250 g/mol. The van der Waals surface area contributed by atoms with Crippen LogP contribution in [0.15, 0.2) is 85.1 Å². The van der Waals surface area contributed by atoms with Crippen LogP contribution in [0.1, 0.15) is 348 Å². The lowest BCUT2D eigenvalue weighted by Crippen LogP contribution is -2.37. The highest BCUT2D eigenvalue weighted by Gasteiger charge is 2.22. The zero-order chi connectivity index (χ0) is 64.1. The van der Waals surface area contributed by atoms with Crippen molar-refractivity contribution in [2.45, 2.75) is 354 Å². The second kappa shape index (κ2) is 68.6. The maximum absolute atomic E-state index is 12.9. The van der Waals surface area contributed by atoms with Gasteiger partial charge in [-0.3, -0.25) is 14.2 Å². The molecule has 0 saturated heterocycles. The van der Waals surface area contributed by atoms with Gasteiger partial charge in [0.05, 0.1) is 27.7 Å². The number of ether oxygens (including phenoxy) is 2. The highest BCUT2D eigenvalue weighted by atomic mass is 31.2. The molecule has 9 nitrogen and oxygen atoms in total. The zero-order valence-electron chi connectivity index (χ0n) is 58.4. The summed E-state index contributed by atoms with van der Waals surface area (Å²) in [4.78, 5) is 38.1. The second-order valence-corrected chi connectivity index (χ2v) is 27.7. The lowest BCUT2D eigenvalue weighted by molar-refractivity contribution is -0.870. The molecule has 88 heavy (non-hydrogen) atoms. The fourth-order valence-electron chi connectivity index (χ4n) is 10.8. The summed E-state index contributed by atoms with van der Waals surface area (Å²) in [6.07, 6.45) is 93.9. The van der Waals surface area contributed by atoms with E-state index in [2.05, 4.69) is 98.9 Å². The molecular weight excluding hydrogens is 1110 g/mol. The summed E-state index contributed by atoms with van der Waals surface area (Å²) in [5.41, 5.74) is 0. The van der Waals surface area contributed by atoms with Crippen molar-refractivity contribution in [1.29, 1.82) is 0 Å². The quantitative estimate of drug-likeness (QED) is 0.0195. The van der Waals surface area contributed by atoms with Crippen LogP contribution in [0.5, 0.6) is 0 Å². The molecule has 2 unspecified atom stereocenters. The lowest BCUT2D eigenvalue weighted by atomic mass is 10.0. The van der Waals surface area contributed by atoms with E-state index in [9.17, 15) is 19.0 Å². The van der Waals surface area contributed by atoms with Crippen molar-refractivity contribution in [3.63, 3.8) is 0 Å². The average molecular weight is 1250 g/mol. The summed E-state index contributed by atoms with van der Waals surface area (Å²) in [5.74, 6) is -0.820. The SMILES string of the molecule is CC/C=C\C/C=C\C/C=C\C/C=C\C/C=C\C/C=C\C/C=C\CCCCCCCCCCCCCCCC(=O)OC(COC(=O)CCCCCCCCCCCCCCCCCCCCCCCCCCCCCCC)COP(=O)([O-])OCC[N+](C)(C)C. The van der Waals surface area contributed by atoms with Crippen LogP contribution in [0, 0.1) is 0 Å². The molecule has 0 amide bonds. The van der Waals surface area contributed by atoms with Crippen LogP contribution in [0.3, 0.4) is 0 Å². The van der Waals surface area contributed by atoms with Gasteiger partial charge in [0.2, 0.25) is 0 Å². The van der Waals surface area contributed by atoms with E-state index < -0.39 is 26.5 Å². The van der Waals surface area contributed by atoms with Crippen LogP contribution in [-0.2, 0) is 32.7 Å². The van der Waals surface area contributed by atoms with E-state index in [0.717, 1.165) is 83.5 Å². The molecule has 0 rings (SSSR count). The second-order valence-electron chi connectivity index (χ2n) is 26.3. The van der Waals surface area contributed by atoms with Crippen LogP contribution in [0.25, 0.3) is 0 Å². The predicted molar refractivity (Wildman–Crippen MR) is 379 cm³/mol. The first-order chi connectivity index (χ1) is 43.0. The Kier molecular flexibility index (Phi) is 66.4. The Balaban J connectivity index is 4.01. The third kappa shape index (κ3) is 72.3. The van der Waals surface area contributed by atoms with Crippen molar-refractivity contribution in [2.75, 3.05) is 47.5 Å². The number of carbonyl (C=O) groups is 2. The molecule has 0 fully saturated rings. The van der Waals surface area contributed by atoms with Crippen LogP contribution >= 0.6 is 7.82 Å². The van der Waals surface area contributed by atoms with E-state index in [1.807, 2.05) is 21.1 Å². The lowest BCUT2D eigenvalue weighted by Gasteiger charge is -2.28. The molecule has 0 aliphatic rings. The number of carbonyl (C=O) groups excluding carboxylic acids is 2. The van der Waals surface area contributed by atoms with Crippen molar-refractivity contribution in [3.05, 3.63) is 85.1 Å². The molecule has 2 atom stereocenters. The standard InChI is InChI=1S/C78H142NO8P/c1-6-8-10-12-14-16-18-20-22-24-26-28-30-32-34-36-37-38-39-40-41-43-45-47-49-51-53-55-57-59-61-63-65-67-69-71-78(81)87-76(75-86-88(82,83)85-73-72-79(3,4)5)74-84-77(80)70-68-66-64-62-60-58-56-54-52-50-48-46-44-42-35-33-31-29-27-25-23-21-19-17-15-13-11-9-7-2/h8,10,14,16,20,22,26,28,32,34,37-38,40-41,76H,6-7,9,11-13,15,17-19,21,23-25,27,29-31,33,35-36,39,42-75H2,1-5H3/b10-8-,16-14-,22-20-,28-26-,34-32-,38-37-,41-40-. The van der Waals surface area contributed by atoms with Gasteiger partial charge in [-0.1, -0.05) is 349 Å². The van der Waals surface area contributed by atoms with Gasteiger partial charge in [-0.2, -0.15) is 0 Å². The van der Waals surface area contributed by atoms with Gasteiger partial charge in [0.1, 0.15) is 19.8 Å². The number of phosphoric acid groups is 1. The molecule has 0 aliphatic heterocycles.